The van der Waals surface area contributed by atoms with Gasteiger partial charge >= 0.3 is 0 Å². The van der Waals surface area contributed by atoms with Gasteiger partial charge in [-0.25, -0.2) is 0 Å². The van der Waals surface area contributed by atoms with Crippen LogP contribution in [0.15, 0.2) is 0 Å². The molecule has 2 fully saturated rings. The monoisotopic (exact) mass is 276 g/mol. The second kappa shape index (κ2) is 5.86. The summed E-state index contributed by atoms with van der Waals surface area (Å²) in [6.07, 6.45) is 5.79. The second-order valence-electron chi connectivity index (χ2n) is 5.49. The molecule has 1 heterocycles. The normalized spacial score (nSPS) is 25.1. The highest BCUT2D eigenvalue weighted by molar-refractivity contribution is 7.86. The molecule has 6 heteroatoms. The molecule has 0 aromatic heterocycles. The zero-order chi connectivity index (χ0) is 13.2. The number of rotatable bonds is 4. The molecule has 1 saturated carbocycles. The van der Waals surface area contributed by atoms with Crippen LogP contribution in [0.3, 0.4) is 0 Å². The van der Waals surface area contributed by atoms with Crippen molar-refractivity contribution in [2.75, 3.05) is 26.7 Å². The van der Waals surface area contributed by atoms with Gasteiger partial charge in [-0.1, -0.05) is 12.8 Å². The zero-order valence-corrected chi connectivity index (χ0v) is 11.9. The number of hydrogen-bond donors (Lipinski definition) is 1. The van der Waals surface area contributed by atoms with Crippen molar-refractivity contribution in [3.63, 3.8) is 0 Å². The molecule has 0 spiro atoms. The lowest BCUT2D eigenvalue weighted by Gasteiger charge is -2.35. The van der Waals surface area contributed by atoms with E-state index in [4.69, 9.17) is 5.11 Å². The fourth-order valence-electron chi connectivity index (χ4n) is 2.96. The first kappa shape index (κ1) is 14.2. The fourth-order valence-corrected chi connectivity index (χ4v) is 4.59. The first-order valence-electron chi connectivity index (χ1n) is 6.89. The van der Waals surface area contributed by atoms with Gasteiger partial charge in [0.25, 0.3) is 10.2 Å². The van der Waals surface area contributed by atoms with Gasteiger partial charge in [0, 0.05) is 32.8 Å². The molecule has 0 unspecified atom stereocenters. The van der Waals surface area contributed by atoms with Gasteiger partial charge in [-0.3, -0.25) is 0 Å². The lowest BCUT2D eigenvalue weighted by Crippen LogP contribution is -2.48. The quantitative estimate of drug-likeness (QED) is 0.826. The summed E-state index contributed by atoms with van der Waals surface area (Å²) in [4.78, 5) is 0. The summed E-state index contributed by atoms with van der Waals surface area (Å²) in [5.41, 5.74) is 0. The highest BCUT2D eigenvalue weighted by Gasteiger charge is 2.35. The predicted molar refractivity (Wildman–Crippen MR) is 70.3 cm³/mol. The molecule has 1 saturated heterocycles. The lowest BCUT2D eigenvalue weighted by molar-refractivity contribution is 0.165. The Kier molecular flexibility index (Phi) is 4.64. The van der Waals surface area contributed by atoms with E-state index in [1.165, 1.54) is 0 Å². The van der Waals surface area contributed by atoms with E-state index in [9.17, 15) is 8.42 Å². The van der Waals surface area contributed by atoms with Crippen molar-refractivity contribution in [2.45, 2.75) is 44.6 Å². The minimum atomic E-state index is -3.29. The summed E-state index contributed by atoms with van der Waals surface area (Å²) < 4.78 is 28.1. The standard InChI is InChI=1S/C12H24N2O3S/c1-13(12-4-2-3-5-12)18(16,17)14-8-6-11(10-15)7-9-14/h11-12,15H,2-10H2,1H3. The third-order valence-electron chi connectivity index (χ3n) is 4.36. The third kappa shape index (κ3) is 2.87. The van der Waals surface area contributed by atoms with Crippen molar-refractivity contribution >= 4 is 10.2 Å². The summed E-state index contributed by atoms with van der Waals surface area (Å²) in [5.74, 6) is 0.272. The molecule has 0 aromatic carbocycles. The molecule has 18 heavy (non-hydrogen) atoms. The Hall–Kier alpha value is -0.170. The van der Waals surface area contributed by atoms with Crippen LogP contribution < -0.4 is 0 Å². The van der Waals surface area contributed by atoms with Crippen LogP contribution in [0.4, 0.5) is 0 Å². The van der Waals surface area contributed by atoms with Crippen LogP contribution >= 0.6 is 0 Å². The molecule has 0 amide bonds. The van der Waals surface area contributed by atoms with E-state index in [0.717, 1.165) is 38.5 Å². The third-order valence-corrected chi connectivity index (χ3v) is 6.40. The molecule has 0 bridgehead atoms. The highest BCUT2D eigenvalue weighted by atomic mass is 32.2. The maximum Gasteiger partial charge on any atom is 0.281 e. The van der Waals surface area contributed by atoms with Crippen molar-refractivity contribution in [3.05, 3.63) is 0 Å². The van der Waals surface area contributed by atoms with Gasteiger partial charge in [-0.15, -0.1) is 0 Å². The van der Waals surface area contributed by atoms with Crippen LogP contribution in [-0.2, 0) is 10.2 Å². The molecule has 0 radical (unpaired) electrons. The van der Waals surface area contributed by atoms with E-state index < -0.39 is 10.2 Å². The van der Waals surface area contributed by atoms with Crippen LogP contribution in [-0.4, -0.2) is 54.9 Å². The maximum atomic E-state index is 12.5. The van der Waals surface area contributed by atoms with Crippen LogP contribution in [0.25, 0.3) is 0 Å². The van der Waals surface area contributed by atoms with Crippen molar-refractivity contribution < 1.29 is 13.5 Å². The Bertz CT molecular complexity index is 358. The summed E-state index contributed by atoms with van der Waals surface area (Å²) in [7, 11) is -1.58. The van der Waals surface area contributed by atoms with Crippen molar-refractivity contribution in [3.8, 4) is 0 Å². The molecule has 106 valence electrons. The van der Waals surface area contributed by atoms with E-state index in [1.54, 1.807) is 15.7 Å². The number of hydrogen-bond acceptors (Lipinski definition) is 3. The molecular formula is C12H24N2O3S. The molecule has 2 aliphatic rings. The first-order valence-corrected chi connectivity index (χ1v) is 8.29. The SMILES string of the molecule is CN(C1CCCC1)S(=O)(=O)N1CCC(CO)CC1. The largest absolute Gasteiger partial charge is 0.396 e. The average Bonchev–Trinajstić information content (AvgIpc) is 2.91. The molecule has 1 N–H and O–H groups in total. The van der Waals surface area contributed by atoms with E-state index >= 15 is 0 Å². The number of aliphatic hydroxyl groups is 1. The Morgan fingerprint density at radius 3 is 2.22 bits per heavy atom. The van der Waals surface area contributed by atoms with Crippen LogP contribution in [0, 0.1) is 5.92 Å². The number of nitrogens with zero attached hydrogens (tertiary/aromatic N) is 2. The molecule has 1 aliphatic heterocycles. The summed E-state index contributed by atoms with van der Waals surface area (Å²) >= 11 is 0. The Balaban J connectivity index is 1.98. The van der Waals surface area contributed by atoms with Gasteiger partial charge in [0.1, 0.15) is 0 Å². The second-order valence-corrected chi connectivity index (χ2v) is 7.48. The zero-order valence-electron chi connectivity index (χ0n) is 11.1. The number of piperidine rings is 1. The molecule has 5 nitrogen and oxygen atoms in total. The molecule has 2 rings (SSSR count). The minimum absolute atomic E-state index is 0.173. The topological polar surface area (TPSA) is 60.9 Å². The van der Waals surface area contributed by atoms with Gasteiger partial charge < -0.3 is 5.11 Å². The predicted octanol–water partition coefficient (Wildman–Crippen LogP) is 0.810. The summed E-state index contributed by atoms with van der Waals surface area (Å²) in [6.45, 7) is 1.27. The van der Waals surface area contributed by atoms with Gasteiger partial charge in [-0.05, 0) is 31.6 Å². The van der Waals surface area contributed by atoms with E-state index in [-0.39, 0.29) is 18.6 Å². The van der Waals surface area contributed by atoms with E-state index in [0.29, 0.717) is 13.1 Å². The molecule has 0 atom stereocenters. The average molecular weight is 276 g/mol. The Morgan fingerprint density at radius 2 is 1.72 bits per heavy atom. The van der Waals surface area contributed by atoms with Crippen LogP contribution in [0.2, 0.25) is 0 Å². The molecule has 1 aliphatic carbocycles. The van der Waals surface area contributed by atoms with Gasteiger partial charge in [0.05, 0.1) is 0 Å². The van der Waals surface area contributed by atoms with Crippen molar-refractivity contribution in [1.82, 2.24) is 8.61 Å². The van der Waals surface area contributed by atoms with Crippen molar-refractivity contribution in [1.29, 1.82) is 0 Å². The van der Waals surface area contributed by atoms with Crippen LogP contribution in [0.5, 0.6) is 0 Å². The van der Waals surface area contributed by atoms with E-state index in [2.05, 4.69) is 0 Å². The summed E-state index contributed by atoms with van der Waals surface area (Å²) in [5, 5.41) is 9.08. The van der Waals surface area contributed by atoms with Gasteiger partial charge in [-0.2, -0.15) is 17.0 Å². The number of aliphatic hydroxyl groups excluding tert-OH is 1. The van der Waals surface area contributed by atoms with Gasteiger partial charge in [0.2, 0.25) is 0 Å². The van der Waals surface area contributed by atoms with E-state index in [1.807, 2.05) is 0 Å². The molecule has 0 aromatic rings. The van der Waals surface area contributed by atoms with Gasteiger partial charge in [0.15, 0.2) is 0 Å². The molecular weight excluding hydrogens is 252 g/mol. The van der Waals surface area contributed by atoms with Crippen molar-refractivity contribution in [2.24, 2.45) is 5.92 Å². The Labute approximate surface area is 110 Å². The minimum Gasteiger partial charge on any atom is -0.396 e. The summed E-state index contributed by atoms with van der Waals surface area (Å²) in [6, 6.07) is 0.186. The maximum absolute atomic E-state index is 12.5. The van der Waals surface area contributed by atoms with Crippen LogP contribution in [0.1, 0.15) is 38.5 Å². The smallest absolute Gasteiger partial charge is 0.281 e. The first-order chi connectivity index (χ1) is 8.55. The Morgan fingerprint density at radius 1 is 1.17 bits per heavy atom. The lowest BCUT2D eigenvalue weighted by atomic mass is 10.00. The highest BCUT2D eigenvalue weighted by Crippen LogP contribution is 2.27. The fraction of sp³-hybridized carbons (Fsp3) is 1.00.